The zero-order valence-corrected chi connectivity index (χ0v) is 12.7. The van der Waals surface area contributed by atoms with E-state index in [9.17, 15) is 8.76 Å². The number of rotatable bonds is 1. The summed E-state index contributed by atoms with van der Waals surface area (Å²) in [5.41, 5.74) is 5.80. The van der Waals surface area contributed by atoms with E-state index >= 15 is 0 Å². The first-order valence-corrected chi connectivity index (χ1v) is 4.11. The summed E-state index contributed by atoms with van der Waals surface area (Å²) in [6, 6.07) is 5.81. The molecule has 0 bridgehead atoms. The van der Waals surface area contributed by atoms with Crippen LogP contribution in [0.3, 0.4) is 0 Å². The zero-order valence-electron chi connectivity index (χ0n) is 6.98. The molecule has 1 aromatic carbocycles. The van der Waals surface area contributed by atoms with Crippen LogP contribution >= 0.6 is 0 Å². The van der Waals surface area contributed by atoms with Crippen molar-refractivity contribution in [2.75, 3.05) is 5.73 Å². The zero-order chi connectivity index (χ0) is 9.14. The predicted molar refractivity (Wildman–Crippen MR) is 42.8 cm³/mol. The smallest absolute Gasteiger partial charge is 0.768 e. The van der Waals surface area contributed by atoms with E-state index in [4.69, 9.17) is 11.0 Å². The number of hydrogen-bond acceptors (Lipinski definition) is 4. The molecule has 1 aromatic rings. The molecule has 0 heterocycles. The average Bonchev–Trinajstić information content (AvgIpc) is 2.03. The second kappa shape index (κ2) is 6.01. The Labute approximate surface area is 127 Å². The van der Waals surface area contributed by atoms with Gasteiger partial charge in [-0.3, -0.25) is 4.21 Å². The van der Waals surface area contributed by atoms with Crippen LogP contribution in [-0.2, 0) is 11.1 Å². The van der Waals surface area contributed by atoms with E-state index in [-0.39, 0.29) is 68.6 Å². The van der Waals surface area contributed by atoms with Gasteiger partial charge in [0.2, 0.25) is 0 Å². The van der Waals surface area contributed by atoms with Gasteiger partial charge in [0.05, 0.1) is 5.56 Å². The third-order valence-corrected chi connectivity index (χ3v) is 2.02. The maximum Gasteiger partial charge on any atom is 1.00 e. The Bertz CT molecular complexity index is 375. The first kappa shape index (κ1) is 13.4. The van der Waals surface area contributed by atoms with Gasteiger partial charge < -0.3 is 10.3 Å². The topological polar surface area (TPSA) is 89.9 Å². The molecular weight excluding hydrogens is 262 g/mol. The molecule has 1 unspecified atom stereocenters. The van der Waals surface area contributed by atoms with Crippen LogP contribution < -0.4 is 63.9 Å². The fraction of sp³-hybridized carbons (Fsp3) is 0. The second-order valence-corrected chi connectivity index (χ2v) is 3.01. The molecule has 1 atom stereocenters. The monoisotopic (exact) mass is 266 g/mol. The molecule has 6 heteroatoms. The van der Waals surface area contributed by atoms with E-state index in [1.54, 1.807) is 6.07 Å². The molecule has 0 amide bonds. The van der Waals surface area contributed by atoms with E-state index in [1.165, 1.54) is 18.2 Å². The standard InChI is InChI=1S/C7H6N2O2S.Rb/c8-4-5-3-6(9)1-2-7(5)12(10)11;/h1-3H,9H2,(H,10,11);/q;+1/p-1. The molecule has 2 N–H and O–H groups in total. The third kappa shape index (κ3) is 3.58. The summed E-state index contributed by atoms with van der Waals surface area (Å²) >= 11 is -2.38. The van der Waals surface area contributed by atoms with Crippen LogP contribution in [0.4, 0.5) is 5.69 Å². The van der Waals surface area contributed by atoms with Crippen LogP contribution in [0.1, 0.15) is 5.56 Å². The van der Waals surface area contributed by atoms with E-state index in [1.807, 2.05) is 0 Å². The summed E-state index contributed by atoms with van der Waals surface area (Å²) < 4.78 is 21.0. The summed E-state index contributed by atoms with van der Waals surface area (Å²) in [7, 11) is 0. The van der Waals surface area contributed by atoms with Crippen molar-refractivity contribution >= 4 is 16.8 Å². The molecule has 0 saturated carbocycles. The van der Waals surface area contributed by atoms with Gasteiger partial charge in [0, 0.05) is 10.6 Å². The van der Waals surface area contributed by atoms with Crippen molar-refractivity contribution in [3.05, 3.63) is 23.8 Å². The molecule has 0 aromatic heterocycles. The van der Waals surface area contributed by atoms with Crippen LogP contribution in [0.5, 0.6) is 0 Å². The Hall–Kier alpha value is 0.425. The fourth-order valence-electron chi connectivity index (χ4n) is 0.780. The molecular formula is C7H5N2O2RbS. The Morgan fingerprint density at radius 3 is 2.62 bits per heavy atom. The van der Waals surface area contributed by atoms with Crippen molar-refractivity contribution in [1.82, 2.24) is 0 Å². The van der Waals surface area contributed by atoms with Gasteiger partial charge in [0.1, 0.15) is 6.07 Å². The first-order chi connectivity index (χ1) is 5.65. The van der Waals surface area contributed by atoms with E-state index < -0.39 is 11.1 Å². The van der Waals surface area contributed by atoms with E-state index in [0.29, 0.717) is 5.69 Å². The molecule has 62 valence electrons. The minimum absolute atomic E-state index is 0. The molecule has 1 rings (SSSR count). The number of nitrogens with zero attached hydrogens (tertiary/aromatic N) is 1. The average molecular weight is 267 g/mol. The van der Waals surface area contributed by atoms with Crippen molar-refractivity contribution in [2.24, 2.45) is 0 Å². The SMILES string of the molecule is N#Cc1cc(N)ccc1S(=O)[O-].[Rb+]. The van der Waals surface area contributed by atoms with Gasteiger partial charge in [-0.1, -0.05) is 0 Å². The van der Waals surface area contributed by atoms with Crippen LogP contribution in [0.2, 0.25) is 0 Å². The largest absolute Gasteiger partial charge is 1.00 e. The minimum atomic E-state index is -2.38. The van der Waals surface area contributed by atoms with Crippen molar-refractivity contribution in [1.29, 1.82) is 5.26 Å². The van der Waals surface area contributed by atoms with Gasteiger partial charge in [-0.2, -0.15) is 5.26 Å². The molecule has 0 saturated heterocycles. The molecule has 0 aliphatic carbocycles. The minimum Gasteiger partial charge on any atom is -0.768 e. The molecule has 4 nitrogen and oxygen atoms in total. The summed E-state index contributed by atoms with van der Waals surface area (Å²) in [5.74, 6) is 0. The van der Waals surface area contributed by atoms with Gasteiger partial charge in [0.25, 0.3) is 0 Å². The molecule has 0 aliphatic heterocycles. The number of hydrogen-bond donors (Lipinski definition) is 1. The van der Waals surface area contributed by atoms with Crippen LogP contribution in [0, 0.1) is 11.3 Å². The van der Waals surface area contributed by atoms with Crippen LogP contribution in [-0.4, -0.2) is 8.76 Å². The van der Waals surface area contributed by atoms with Crippen LogP contribution in [0.15, 0.2) is 23.1 Å². The normalized spacial score (nSPS) is 11.1. The summed E-state index contributed by atoms with van der Waals surface area (Å²) in [6.45, 7) is 0. The fourth-order valence-corrected chi connectivity index (χ4v) is 1.24. The van der Waals surface area contributed by atoms with Gasteiger partial charge in [-0.25, -0.2) is 0 Å². The maximum atomic E-state index is 10.5. The van der Waals surface area contributed by atoms with Crippen molar-refractivity contribution < 1.29 is 66.9 Å². The molecule has 13 heavy (non-hydrogen) atoms. The predicted octanol–water partition coefficient (Wildman–Crippen LogP) is -2.62. The van der Waals surface area contributed by atoms with Gasteiger partial charge in [-0.05, 0) is 29.3 Å². The summed E-state index contributed by atoms with van der Waals surface area (Å²) in [5, 5.41) is 8.51. The number of nitrogen functional groups attached to an aromatic ring is 1. The van der Waals surface area contributed by atoms with Crippen LogP contribution in [0.25, 0.3) is 0 Å². The number of anilines is 1. The number of nitrogens with two attached hydrogens (primary N) is 1. The number of benzene rings is 1. The Morgan fingerprint density at radius 1 is 1.54 bits per heavy atom. The molecule has 0 radical (unpaired) electrons. The van der Waals surface area contributed by atoms with Gasteiger partial charge in [0.15, 0.2) is 0 Å². The summed E-state index contributed by atoms with van der Waals surface area (Å²) in [4.78, 5) is -0.0216. The Kier molecular flexibility index (Phi) is 6.21. The Balaban J connectivity index is 0.00000144. The third-order valence-electron chi connectivity index (χ3n) is 1.30. The van der Waals surface area contributed by atoms with Crippen molar-refractivity contribution in [3.8, 4) is 6.07 Å². The quantitative estimate of drug-likeness (QED) is 0.445. The van der Waals surface area contributed by atoms with E-state index in [2.05, 4.69) is 0 Å². The second-order valence-electron chi connectivity index (χ2n) is 2.10. The van der Waals surface area contributed by atoms with Crippen molar-refractivity contribution in [3.63, 3.8) is 0 Å². The molecule has 0 aliphatic rings. The summed E-state index contributed by atoms with van der Waals surface area (Å²) in [6.07, 6.45) is 0. The first-order valence-electron chi connectivity index (χ1n) is 3.04. The van der Waals surface area contributed by atoms with Crippen molar-refractivity contribution in [2.45, 2.75) is 4.90 Å². The Morgan fingerprint density at radius 2 is 2.15 bits per heavy atom. The number of nitriles is 1. The molecule has 0 spiro atoms. The molecule has 0 fully saturated rings. The van der Waals surface area contributed by atoms with E-state index in [0.717, 1.165) is 0 Å². The van der Waals surface area contributed by atoms with Gasteiger partial charge in [-0.15, -0.1) is 0 Å². The van der Waals surface area contributed by atoms with Gasteiger partial charge >= 0.3 is 58.2 Å². The maximum absolute atomic E-state index is 10.5.